The molecule has 0 saturated heterocycles. The number of alkyl halides is 1. The fraction of sp³-hybridized carbons (Fsp3) is 0.571. The summed E-state index contributed by atoms with van der Waals surface area (Å²) in [5.74, 6) is 0.308. The van der Waals surface area contributed by atoms with Crippen molar-refractivity contribution in [1.82, 2.24) is 10.2 Å². The maximum Gasteiger partial charge on any atom is 0.151 e. The molecule has 0 saturated carbocycles. The monoisotopic (exact) mass is 155 g/mol. The lowest BCUT2D eigenvalue weighted by Crippen LogP contribution is -2.11. The fourth-order valence-electron chi connectivity index (χ4n) is 1.64. The summed E-state index contributed by atoms with van der Waals surface area (Å²) in [6, 6.07) is 0. The molecular formula is C7H10FN3. The Morgan fingerprint density at radius 1 is 1.73 bits per heavy atom. The lowest BCUT2D eigenvalue weighted by atomic mass is 10.0. The summed E-state index contributed by atoms with van der Waals surface area (Å²) < 4.78 is 13.6. The molecule has 0 amide bonds. The van der Waals surface area contributed by atoms with Crippen molar-refractivity contribution in [3.63, 3.8) is 0 Å². The summed E-state index contributed by atoms with van der Waals surface area (Å²) in [4.78, 5) is 0. The van der Waals surface area contributed by atoms with Gasteiger partial charge in [-0.15, -0.1) is 0 Å². The topological polar surface area (TPSA) is 54.7 Å². The zero-order chi connectivity index (χ0) is 8.06. The first-order chi connectivity index (χ1) is 5.11. The molecular weight excluding hydrogens is 145 g/mol. The number of anilines is 1. The van der Waals surface area contributed by atoms with Gasteiger partial charge in [-0.25, -0.2) is 4.39 Å². The smallest absolute Gasteiger partial charge is 0.151 e. The van der Waals surface area contributed by atoms with Crippen molar-refractivity contribution in [3.05, 3.63) is 11.3 Å². The molecule has 1 aliphatic rings. The van der Waals surface area contributed by atoms with Gasteiger partial charge in [0.2, 0.25) is 0 Å². The third kappa shape index (κ3) is 0.751. The van der Waals surface area contributed by atoms with E-state index in [0.717, 1.165) is 5.69 Å². The molecule has 60 valence electrons. The van der Waals surface area contributed by atoms with E-state index in [4.69, 9.17) is 5.73 Å². The van der Waals surface area contributed by atoms with Gasteiger partial charge in [0.1, 0.15) is 5.67 Å². The van der Waals surface area contributed by atoms with Gasteiger partial charge in [0.15, 0.2) is 5.82 Å². The van der Waals surface area contributed by atoms with Crippen LogP contribution in [0.5, 0.6) is 0 Å². The van der Waals surface area contributed by atoms with Crippen LogP contribution in [-0.2, 0) is 12.1 Å². The van der Waals surface area contributed by atoms with Gasteiger partial charge in [0.25, 0.3) is 0 Å². The minimum absolute atomic E-state index is 0.308. The lowest BCUT2D eigenvalue weighted by Gasteiger charge is -2.11. The zero-order valence-electron chi connectivity index (χ0n) is 6.32. The number of halogens is 1. The van der Waals surface area contributed by atoms with Crippen LogP contribution in [0, 0.1) is 0 Å². The first-order valence-corrected chi connectivity index (χ1v) is 3.63. The summed E-state index contributed by atoms with van der Waals surface area (Å²) in [5, 5.41) is 6.47. The molecule has 0 aromatic carbocycles. The van der Waals surface area contributed by atoms with Crippen molar-refractivity contribution in [2.75, 3.05) is 5.73 Å². The van der Waals surface area contributed by atoms with E-state index in [-0.39, 0.29) is 0 Å². The molecule has 2 rings (SSSR count). The summed E-state index contributed by atoms with van der Waals surface area (Å²) in [6.07, 6.45) is 1.23. The Hall–Kier alpha value is -1.06. The molecule has 1 aromatic heterocycles. The Bertz CT molecular complexity index is 290. The predicted octanol–water partition coefficient (Wildman–Crippen LogP) is 1.12. The van der Waals surface area contributed by atoms with Crippen LogP contribution in [0.2, 0.25) is 0 Å². The van der Waals surface area contributed by atoms with Gasteiger partial charge in [-0.1, -0.05) is 0 Å². The number of nitrogens with one attached hydrogen (secondary N) is 1. The largest absolute Gasteiger partial charge is 0.382 e. The van der Waals surface area contributed by atoms with Crippen molar-refractivity contribution >= 4 is 5.82 Å². The second-order valence-corrected chi connectivity index (χ2v) is 3.16. The third-order valence-corrected chi connectivity index (χ3v) is 2.23. The molecule has 0 radical (unpaired) electrons. The molecule has 3 N–H and O–H groups in total. The molecule has 0 aliphatic heterocycles. The number of rotatable bonds is 0. The van der Waals surface area contributed by atoms with Gasteiger partial charge >= 0.3 is 0 Å². The number of nitrogens with two attached hydrogens (primary N) is 1. The number of H-pyrrole nitrogens is 1. The van der Waals surface area contributed by atoms with E-state index < -0.39 is 5.67 Å². The highest BCUT2D eigenvalue weighted by Crippen LogP contribution is 2.41. The first-order valence-electron chi connectivity index (χ1n) is 3.63. The van der Waals surface area contributed by atoms with E-state index in [9.17, 15) is 4.39 Å². The number of aromatic nitrogens is 2. The van der Waals surface area contributed by atoms with Gasteiger partial charge in [0.05, 0.1) is 5.56 Å². The molecule has 1 aromatic rings. The molecule has 0 spiro atoms. The second kappa shape index (κ2) is 1.75. The molecule has 11 heavy (non-hydrogen) atoms. The lowest BCUT2D eigenvalue weighted by molar-refractivity contribution is 0.195. The minimum atomic E-state index is -1.27. The molecule has 1 atom stereocenters. The molecule has 0 fully saturated rings. The first kappa shape index (κ1) is 6.64. The molecule has 1 unspecified atom stereocenters. The number of aromatic amines is 1. The van der Waals surface area contributed by atoms with E-state index in [1.807, 2.05) is 0 Å². The zero-order valence-corrected chi connectivity index (χ0v) is 6.32. The Balaban J connectivity index is 2.60. The number of fused-ring (bicyclic) bond motifs is 1. The number of nitrogens with zero attached hydrogens (tertiary/aromatic N) is 1. The molecule has 0 bridgehead atoms. The molecule has 4 heteroatoms. The van der Waals surface area contributed by atoms with Crippen molar-refractivity contribution in [1.29, 1.82) is 0 Å². The van der Waals surface area contributed by atoms with E-state index in [1.54, 1.807) is 6.92 Å². The van der Waals surface area contributed by atoms with Crippen LogP contribution < -0.4 is 5.73 Å². The maximum atomic E-state index is 13.6. The van der Waals surface area contributed by atoms with Crippen LogP contribution in [-0.4, -0.2) is 10.2 Å². The SMILES string of the molecule is CC1(F)CCc2[nH]nc(N)c21. The Kier molecular flexibility index (Phi) is 1.06. The Labute approximate surface area is 63.8 Å². The summed E-state index contributed by atoms with van der Waals surface area (Å²) in [6.45, 7) is 1.55. The van der Waals surface area contributed by atoms with Gasteiger partial charge < -0.3 is 5.73 Å². The number of aryl methyl sites for hydroxylation is 1. The van der Waals surface area contributed by atoms with E-state index in [1.165, 1.54) is 0 Å². The second-order valence-electron chi connectivity index (χ2n) is 3.16. The van der Waals surface area contributed by atoms with Crippen LogP contribution in [0.4, 0.5) is 10.2 Å². The van der Waals surface area contributed by atoms with Crippen LogP contribution in [0.3, 0.4) is 0 Å². The van der Waals surface area contributed by atoms with Crippen molar-refractivity contribution in [2.24, 2.45) is 0 Å². The average molecular weight is 155 g/mol. The Morgan fingerprint density at radius 3 is 3.09 bits per heavy atom. The van der Waals surface area contributed by atoms with Crippen LogP contribution >= 0.6 is 0 Å². The number of hydrogen-bond donors (Lipinski definition) is 2. The standard InChI is InChI=1S/C7H10FN3/c1-7(8)3-2-4-5(7)6(9)11-10-4/h2-3H2,1H3,(H3,9,10,11). The normalized spacial score (nSPS) is 28.9. The van der Waals surface area contributed by atoms with Gasteiger partial charge in [-0.2, -0.15) is 5.10 Å². The van der Waals surface area contributed by atoms with Crippen LogP contribution in [0.1, 0.15) is 24.6 Å². The van der Waals surface area contributed by atoms with E-state index in [0.29, 0.717) is 24.2 Å². The van der Waals surface area contributed by atoms with Crippen molar-refractivity contribution in [2.45, 2.75) is 25.4 Å². The molecule has 3 nitrogen and oxygen atoms in total. The van der Waals surface area contributed by atoms with Gasteiger partial charge in [-0.05, 0) is 19.8 Å². The summed E-state index contributed by atoms with van der Waals surface area (Å²) in [7, 11) is 0. The molecule has 1 aliphatic carbocycles. The van der Waals surface area contributed by atoms with Crippen LogP contribution in [0.15, 0.2) is 0 Å². The van der Waals surface area contributed by atoms with Crippen molar-refractivity contribution in [3.8, 4) is 0 Å². The quantitative estimate of drug-likeness (QED) is 0.590. The minimum Gasteiger partial charge on any atom is -0.382 e. The van der Waals surface area contributed by atoms with Crippen LogP contribution in [0.25, 0.3) is 0 Å². The highest BCUT2D eigenvalue weighted by Gasteiger charge is 2.38. The van der Waals surface area contributed by atoms with E-state index >= 15 is 0 Å². The third-order valence-electron chi connectivity index (χ3n) is 2.23. The van der Waals surface area contributed by atoms with Gasteiger partial charge in [-0.3, -0.25) is 5.10 Å². The predicted molar refractivity (Wildman–Crippen MR) is 39.8 cm³/mol. The average Bonchev–Trinajstić information content (AvgIpc) is 2.38. The fourth-order valence-corrected chi connectivity index (χ4v) is 1.64. The van der Waals surface area contributed by atoms with Crippen molar-refractivity contribution < 1.29 is 4.39 Å². The van der Waals surface area contributed by atoms with E-state index in [2.05, 4.69) is 10.2 Å². The summed E-state index contributed by atoms with van der Waals surface area (Å²) in [5.41, 5.74) is 5.64. The van der Waals surface area contributed by atoms with Gasteiger partial charge in [0, 0.05) is 5.69 Å². The number of nitrogen functional groups attached to an aromatic ring is 1. The molecule has 1 heterocycles. The highest BCUT2D eigenvalue weighted by atomic mass is 19.1. The summed E-state index contributed by atoms with van der Waals surface area (Å²) >= 11 is 0. The maximum absolute atomic E-state index is 13.6. The number of hydrogen-bond acceptors (Lipinski definition) is 2. The highest BCUT2D eigenvalue weighted by molar-refractivity contribution is 5.48. The Morgan fingerprint density at radius 2 is 2.45 bits per heavy atom.